The van der Waals surface area contributed by atoms with E-state index < -0.39 is 5.60 Å². The van der Waals surface area contributed by atoms with Gasteiger partial charge in [-0.05, 0) is 56.5 Å². The lowest BCUT2D eigenvalue weighted by Gasteiger charge is -2.22. The van der Waals surface area contributed by atoms with Crippen LogP contribution >= 0.6 is 22.9 Å². The van der Waals surface area contributed by atoms with E-state index in [2.05, 4.69) is 16.3 Å². The molecule has 2 aliphatic rings. The first kappa shape index (κ1) is 26.5. The molecular weight excluding hydrogens is 522 g/mol. The number of hydrogen-bond donors (Lipinski definition) is 1. The number of thiazole rings is 1. The Bertz CT molecular complexity index is 1340. The molecule has 1 amide bonds. The van der Waals surface area contributed by atoms with E-state index in [4.69, 9.17) is 26.1 Å². The zero-order chi connectivity index (χ0) is 27.0. The molecule has 0 bridgehead atoms. The molecule has 3 atom stereocenters. The van der Waals surface area contributed by atoms with Crippen LogP contribution in [0.5, 0.6) is 0 Å². The van der Waals surface area contributed by atoms with Crippen molar-refractivity contribution in [1.82, 2.24) is 10.3 Å². The third kappa shape index (κ3) is 5.97. The topological polar surface area (TPSA) is 80.8 Å². The average molecular weight is 554 g/mol. The van der Waals surface area contributed by atoms with Gasteiger partial charge in [0.2, 0.25) is 0 Å². The number of amides is 1. The lowest BCUT2D eigenvalue weighted by Crippen LogP contribution is -2.38. The van der Waals surface area contributed by atoms with Crippen LogP contribution in [0.3, 0.4) is 0 Å². The van der Waals surface area contributed by atoms with E-state index in [1.807, 2.05) is 63.2 Å². The molecule has 0 radical (unpaired) electrons. The zero-order valence-corrected chi connectivity index (χ0v) is 23.6. The maximum atomic E-state index is 12.8. The number of halogens is 1. The Hall–Kier alpha value is -3.10. The predicted octanol–water partition coefficient (Wildman–Crippen LogP) is 6.19. The highest BCUT2D eigenvalue weighted by Gasteiger charge is 2.57. The Labute approximate surface area is 232 Å². The second-order valence-corrected chi connectivity index (χ2v) is 12.2. The minimum absolute atomic E-state index is 0.124. The van der Waals surface area contributed by atoms with Crippen molar-refractivity contribution in [2.24, 2.45) is 11.8 Å². The van der Waals surface area contributed by atoms with Crippen LogP contribution in [0.2, 0.25) is 5.02 Å². The van der Waals surface area contributed by atoms with Crippen LogP contribution in [0.15, 0.2) is 48.5 Å². The van der Waals surface area contributed by atoms with Gasteiger partial charge in [-0.15, -0.1) is 0 Å². The van der Waals surface area contributed by atoms with Crippen molar-refractivity contribution >= 4 is 40.1 Å². The van der Waals surface area contributed by atoms with Gasteiger partial charge in [0.15, 0.2) is 5.13 Å². The number of fused-ring (bicyclic) bond motifs is 1. The molecule has 200 valence electrons. The van der Waals surface area contributed by atoms with Crippen molar-refractivity contribution in [2.45, 2.75) is 45.8 Å². The molecule has 2 fully saturated rings. The second kappa shape index (κ2) is 10.6. The SMILES string of the molecule is CCOC(=O)c1sc(N2C[C@@H]3C(NC(=O)OC(C)(C)C)[C@@H]3C2)nc1Cc1cccc(-c2cccc(Cl)c2)c1. The van der Waals surface area contributed by atoms with Crippen molar-refractivity contribution in [1.29, 1.82) is 0 Å². The van der Waals surface area contributed by atoms with Gasteiger partial charge in [0.25, 0.3) is 0 Å². The van der Waals surface area contributed by atoms with Gasteiger partial charge in [-0.3, -0.25) is 0 Å². The Morgan fingerprint density at radius 3 is 2.45 bits per heavy atom. The molecular formula is C29H32ClN3O4S. The number of esters is 1. The first-order valence-corrected chi connectivity index (χ1v) is 14.1. The van der Waals surface area contributed by atoms with Gasteiger partial charge in [-0.25, -0.2) is 14.6 Å². The molecule has 3 aromatic rings. The number of anilines is 1. The molecule has 2 aromatic carbocycles. The molecule has 2 heterocycles. The maximum absolute atomic E-state index is 12.8. The monoisotopic (exact) mass is 553 g/mol. The molecule has 9 heteroatoms. The maximum Gasteiger partial charge on any atom is 0.407 e. The standard InChI is InChI=1S/C29H32ClN3O4S/c1-5-36-26(34)25-23(13-17-8-6-9-18(12-17)19-10-7-11-20(30)14-19)31-27(38-25)33-15-21-22(16-33)24(21)32-28(35)37-29(2,3)4/h6-12,14,21-22,24H,5,13,15-16H2,1-4H3,(H,32,35)/t21-,22+,24?. The van der Waals surface area contributed by atoms with Crippen molar-refractivity contribution < 1.29 is 19.1 Å². The summed E-state index contributed by atoms with van der Waals surface area (Å²) in [6, 6.07) is 16.1. The molecule has 7 nitrogen and oxygen atoms in total. The molecule has 1 aliphatic heterocycles. The number of hydrogen-bond acceptors (Lipinski definition) is 7. The molecule has 1 N–H and O–H groups in total. The van der Waals surface area contributed by atoms with E-state index in [0.29, 0.717) is 34.8 Å². The van der Waals surface area contributed by atoms with E-state index >= 15 is 0 Å². The van der Waals surface area contributed by atoms with Gasteiger partial charge in [0, 0.05) is 42.4 Å². The highest BCUT2D eigenvalue weighted by Crippen LogP contribution is 2.48. The van der Waals surface area contributed by atoms with Gasteiger partial charge in [-0.2, -0.15) is 0 Å². The van der Waals surface area contributed by atoms with Crippen LogP contribution in [-0.2, 0) is 15.9 Å². The molecule has 1 unspecified atom stereocenters. The number of rotatable bonds is 7. The molecule has 1 aromatic heterocycles. The second-order valence-electron chi connectivity index (χ2n) is 10.8. The minimum atomic E-state index is -0.519. The number of carbonyl (C=O) groups is 2. The van der Waals surface area contributed by atoms with Gasteiger partial charge >= 0.3 is 12.1 Å². The third-order valence-corrected chi connectivity index (χ3v) is 8.12. The Morgan fingerprint density at radius 2 is 1.79 bits per heavy atom. The molecule has 38 heavy (non-hydrogen) atoms. The van der Waals surface area contributed by atoms with E-state index in [1.54, 1.807) is 6.92 Å². The average Bonchev–Trinajstić information content (AvgIpc) is 3.19. The third-order valence-electron chi connectivity index (χ3n) is 6.75. The van der Waals surface area contributed by atoms with Crippen molar-refractivity contribution in [3.05, 3.63) is 69.7 Å². The van der Waals surface area contributed by atoms with Crippen LogP contribution in [0.25, 0.3) is 11.1 Å². The van der Waals surface area contributed by atoms with E-state index in [9.17, 15) is 9.59 Å². The minimum Gasteiger partial charge on any atom is -0.462 e. The number of piperidine rings is 1. The Morgan fingerprint density at radius 1 is 1.11 bits per heavy atom. The number of nitrogens with zero attached hydrogens (tertiary/aromatic N) is 2. The smallest absolute Gasteiger partial charge is 0.407 e. The summed E-state index contributed by atoms with van der Waals surface area (Å²) in [7, 11) is 0. The molecule has 1 saturated carbocycles. The zero-order valence-electron chi connectivity index (χ0n) is 22.0. The van der Waals surface area contributed by atoms with Crippen molar-refractivity contribution in [3.63, 3.8) is 0 Å². The van der Waals surface area contributed by atoms with E-state index in [-0.39, 0.29) is 18.1 Å². The predicted molar refractivity (Wildman–Crippen MR) is 150 cm³/mol. The fourth-order valence-corrected chi connectivity index (χ4v) is 6.20. The number of ether oxygens (including phenoxy) is 2. The van der Waals surface area contributed by atoms with Crippen LogP contribution in [0.4, 0.5) is 9.93 Å². The summed E-state index contributed by atoms with van der Waals surface area (Å²) in [4.78, 5) is 32.6. The molecule has 0 spiro atoms. The quantitative estimate of drug-likeness (QED) is 0.351. The van der Waals surface area contributed by atoms with Crippen LogP contribution < -0.4 is 10.2 Å². The van der Waals surface area contributed by atoms with Gasteiger partial charge in [-0.1, -0.05) is 59.3 Å². The number of benzene rings is 2. The van der Waals surface area contributed by atoms with E-state index in [0.717, 1.165) is 40.6 Å². The molecule has 1 saturated heterocycles. The Balaban J connectivity index is 1.30. The van der Waals surface area contributed by atoms with Crippen molar-refractivity contribution in [3.8, 4) is 11.1 Å². The summed E-state index contributed by atoms with van der Waals surface area (Å²) < 4.78 is 10.8. The van der Waals surface area contributed by atoms with Crippen LogP contribution in [-0.4, -0.2) is 48.4 Å². The van der Waals surface area contributed by atoms with E-state index in [1.165, 1.54) is 11.3 Å². The van der Waals surface area contributed by atoms with Gasteiger partial charge in [0.05, 0.1) is 12.3 Å². The first-order chi connectivity index (χ1) is 18.1. The van der Waals surface area contributed by atoms with Crippen LogP contribution in [0.1, 0.15) is 48.6 Å². The van der Waals surface area contributed by atoms with Crippen LogP contribution in [0, 0.1) is 11.8 Å². The summed E-state index contributed by atoms with van der Waals surface area (Å²) in [5.74, 6) is 0.372. The number of carbonyl (C=O) groups excluding carboxylic acids is 2. The summed E-state index contributed by atoms with van der Waals surface area (Å²) in [6.45, 7) is 9.25. The summed E-state index contributed by atoms with van der Waals surface area (Å²) in [5.41, 5.74) is 3.34. The lowest BCUT2D eigenvalue weighted by molar-refractivity contribution is 0.0512. The largest absolute Gasteiger partial charge is 0.462 e. The number of aromatic nitrogens is 1. The van der Waals surface area contributed by atoms with Gasteiger partial charge < -0.3 is 19.7 Å². The number of nitrogens with one attached hydrogen (secondary N) is 1. The summed E-state index contributed by atoms with van der Waals surface area (Å²) >= 11 is 7.58. The summed E-state index contributed by atoms with van der Waals surface area (Å²) in [5, 5.41) is 4.51. The van der Waals surface area contributed by atoms with Crippen molar-refractivity contribution in [2.75, 3.05) is 24.6 Å². The first-order valence-electron chi connectivity index (χ1n) is 12.9. The lowest BCUT2D eigenvalue weighted by atomic mass is 10.0. The summed E-state index contributed by atoms with van der Waals surface area (Å²) in [6.07, 6.45) is 0.146. The fraction of sp³-hybridized carbons (Fsp3) is 0.414. The number of alkyl carbamates (subject to hydrolysis) is 1. The fourth-order valence-electron chi connectivity index (χ4n) is 5.01. The highest BCUT2D eigenvalue weighted by molar-refractivity contribution is 7.17. The highest BCUT2D eigenvalue weighted by atomic mass is 35.5. The molecule has 5 rings (SSSR count). The van der Waals surface area contributed by atoms with Gasteiger partial charge in [0.1, 0.15) is 10.5 Å². The normalized spacial score (nSPS) is 20.1. The molecule has 1 aliphatic carbocycles. The Kier molecular flexibility index (Phi) is 7.38.